The van der Waals surface area contributed by atoms with E-state index in [0.29, 0.717) is 12.4 Å². The molecule has 0 aliphatic heterocycles. The van der Waals surface area contributed by atoms with Gasteiger partial charge >= 0.3 is 5.97 Å². The van der Waals surface area contributed by atoms with Crippen LogP contribution in [0.25, 0.3) is 0 Å². The van der Waals surface area contributed by atoms with E-state index < -0.39 is 16.8 Å². The predicted octanol–water partition coefficient (Wildman–Crippen LogP) is 0.832. The van der Waals surface area contributed by atoms with E-state index in [9.17, 15) is 9.00 Å². The largest absolute Gasteiger partial charge is 0.464 e. The summed E-state index contributed by atoms with van der Waals surface area (Å²) in [4.78, 5) is 11.1. The van der Waals surface area contributed by atoms with E-state index in [-0.39, 0.29) is 10.9 Å². The highest BCUT2D eigenvalue weighted by Crippen LogP contribution is 2.05. The monoisotopic (exact) mass is 271 g/mol. The number of nitrogens with zero attached hydrogens (tertiary/aromatic N) is 2. The average Bonchev–Trinajstić information content (AvgIpc) is 2.38. The Labute approximate surface area is 109 Å². The van der Waals surface area contributed by atoms with Gasteiger partial charge in [0.05, 0.1) is 7.11 Å². The van der Waals surface area contributed by atoms with Crippen molar-refractivity contribution in [3.63, 3.8) is 0 Å². The number of carbonyl (C=O) groups is 1. The molecule has 18 heavy (non-hydrogen) atoms. The first-order valence-electron chi connectivity index (χ1n) is 5.52. The van der Waals surface area contributed by atoms with Crippen LogP contribution in [-0.4, -0.2) is 45.5 Å². The summed E-state index contributed by atoms with van der Waals surface area (Å²) in [7, 11) is 0.478. The van der Waals surface area contributed by atoms with Gasteiger partial charge in [0.15, 0.2) is 5.69 Å². The summed E-state index contributed by atoms with van der Waals surface area (Å²) >= 11 is 0. The van der Waals surface area contributed by atoms with Crippen LogP contribution < -0.4 is 5.32 Å². The maximum absolute atomic E-state index is 11.1. The minimum absolute atomic E-state index is 0.139. The molecule has 1 rings (SSSR count). The van der Waals surface area contributed by atoms with Crippen LogP contribution in [0, 0.1) is 0 Å². The molecule has 7 heteroatoms. The molecule has 0 amide bonds. The Balaban J connectivity index is 2.44. The Bertz CT molecular complexity index is 422. The summed E-state index contributed by atoms with van der Waals surface area (Å²) in [6, 6.07) is 3.20. The van der Waals surface area contributed by atoms with Crippen LogP contribution in [0.3, 0.4) is 0 Å². The Morgan fingerprint density at radius 2 is 2.22 bits per heavy atom. The van der Waals surface area contributed by atoms with E-state index in [1.165, 1.54) is 7.11 Å². The maximum atomic E-state index is 11.1. The van der Waals surface area contributed by atoms with Crippen molar-refractivity contribution in [2.45, 2.75) is 18.6 Å². The number of carbonyl (C=O) groups excluding carboxylic acids is 1. The molecule has 2 atom stereocenters. The molecule has 0 aliphatic carbocycles. The zero-order valence-corrected chi connectivity index (χ0v) is 11.5. The Morgan fingerprint density at radius 3 is 2.72 bits per heavy atom. The number of ether oxygens (including phenoxy) is 1. The Morgan fingerprint density at radius 1 is 1.50 bits per heavy atom. The van der Waals surface area contributed by atoms with E-state index in [0.717, 1.165) is 6.42 Å². The van der Waals surface area contributed by atoms with Gasteiger partial charge in [-0.2, -0.15) is 0 Å². The molecule has 1 aromatic heterocycles. The van der Waals surface area contributed by atoms with Crippen LogP contribution in [0.2, 0.25) is 0 Å². The lowest BCUT2D eigenvalue weighted by atomic mass is 10.3. The molecule has 0 saturated carbocycles. The van der Waals surface area contributed by atoms with Crippen molar-refractivity contribution >= 4 is 22.6 Å². The van der Waals surface area contributed by atoms with Crippen LogP contribution in [0.4, 0.5) is 5.82 Å². The molecule has 2 unspecified atom stereocenters. The standard InChI is InChI=1S/C11H17N3O3S/c1-8(18(3)16)6-7-12-10-5-4-9(13-14-10)11(15)17-2/h4-5,8H,6-7H2,1-3H3,(H,12,14). The zero-order valence-electron chi connectivity index (χ0n) is 10.7. The second-order valence-corrected chi connectivity index (χ2v) is 5.62. The molecule has 0 spiro atoms. The molecule has 0 aliphatic rings. The summed E-state index contributed by atoms with van der Waals surface area (Å²) in [5.41, 5.74) is 0.172. The lowest BCUT2D eigenvalue weighted by Crippen LogP contribution is -2.15. The van der Waals surface area contributed by atoms with Gasteiger partial charge in [-0.3, -0.25) is 4.21 Å². The third kappa shape index (κ3) is 4.40. The van der Waals surface area contributed by atoms with Crippen molar-refractivity contribution in [2.75, 3.05) is 25.2 Å². The summed E-state index contributed by atoms with van der Waals surface area (Å²) in [5.74, 6) is 0.0702. The third-order valence-corrected chi connectivity index (χ3v) is 3.85. The highest BCUT2D eigenvalue weighted by atomic mass is 32.2. The number of aromatic nitrogens is 2. The second-order valence-electron chi connectivity index (χ2n) is 3.82. The predicted molar refractivity (Wildman–Crippen MR) is 70.0 cm³/mol. The smallest absolute Gasteiger partial charge is 0.358 e. The highest BCUT2D eigenvalue weighted by molar-refractivity contribution is 7.84. The molecule has 1 N–H and O–H groups in total. The van der Waals surface area contributed by atoms with E-state index in [1.807, 2.05) is 6.92 Å². The molecular formula is C11H17N3O3S. The van der Waals surface area contributed by atoms with Crippen molar-refractivity contribution in [1.82, 2.24) is 10.2 Å². The van der Waals surface area contributed by atoms with E-state index in [1.54, 1.807) is 18.4 Å². The van der Waals surface area contributed by atoms with Crippen LogP contribution in [0.5, 0.6) is 0 Å². The summed E-state index contributed by atoms with van der Waals surface area (Å²) in [6.45, 7) is 2.59. The van der Waals surface area contributed by atoms with Gasteiger partial charge in [0.2, 0.25) is 0 Å². The minimum Gasteiger partial charge on any atom is -0.464 e. The first kappa shape index (κ1) is 14.6. The van der Waals surface area contributed by atoms with Crippen LogP contribution in [0.15, 0.2) is 12.1 Å². The number of rotatable bonds is 6. The number of nitrogens with one attached hydrogen (secondary N) is 1. The van der Waals surface area contributed by atoms with Crippen molar-refractivity contribution in [1.29, 1.82) is 0 Å². The molecule has 0 fully saturated rings. The molecular weight excluding hydrogens is 254 g/mol. The summed E-state index contributed by atoms with van der Waals surface area (Å²) < 4.78 is 15.7. The van der Waals surface area contributed by atoms with Gasteiger partial charge in [-0.05, 0) is 18.6 Å². The third-order valence-electron chi connectivity index (χ3n) is 2.48. The van der Waals surface area contributed by atoms with Gasteiger partial charge < -0.3 is 10.1 Å². The van der Waals surface area contributed by atoms with E-state index in [2.05, 4.69) is 20.3 Å². The first-order chi connectivity index (χ1) is 8.54. The average molecular weight is 271 g/mol. The maximum Gasteiger partial charge on any atom is 0.358 e. The first-order valence-corrected chi connectivity index (χ1v) is 7.15. The van der Waals surface area contributed by atoms with Crippen molar-refractivity contribution in [3.05, 3.63) is 17.8 Å². The SMILES string of the molecule is COC(=O)c1ccc(NCCC(C)S(C)=O)nn1. The number of anilines is 1. The molecule has 0 radical (unpaired) electrons. The van der Waals surface area contributed by atoms with Gasteiger partial charge in [-0.25, -0.2) is 4.79 Å². The van der Waals surface area contributed by atoms with E-state index >= 15 is 0 Å². The van der Waals surface area contributed by atoms with Crippen LogP contribution in [-0.2, 0) is 15.5 Å². The number of esters is 1. The minimum atomic E-state index is -0.817. The molecule has 0 bridgehead atoms. The molecule has 0 saturated heterocycles. The quantitative estimate of drug-likeness (QED) is 0.772. The van der Waals surface area contributed by atoms with Gasteiger partial charge in [0.1, 0.15) is 5.82 Å². The fraction of sp³-hybridized carbons (Fsp3) is 0.545. The van der Waals surface area contributed by atoms with Crippen molar-refractivity contribution in [2.24, 2.45) is 0 Å². The summed E-state index contributed by atoms with van der Waals surface area (Å²) in [6.07, 6.45) is 2.47. The van der Waals surface area contributed by atoms with Crippen molar-refractivity contribution in [3.8, 4) is 0 Å². The van der Waals surface area contributed by atoms with Gasteiger partial charge in [-0.1, -0.05) is 6.92 Å². The lowest BCUT2D eigenvalue weighted by molar-refractivity contribution is 0.0593. The number of hydrogen-bond acceptors (Lipinski definition) is 6. The fourth-order valence-corrected chi connectivity index (χ4v) is 1.66. The molecule has 0 aromatic carbocycles. The molecule has 6 nitrogen and oxygen atoms in total. The Hall–Kier alpha value is -1.50. The normalized spacial score (nSPS) is 13.7. The van der Waals surface area contributed by atoms with Gasteiger partial charge in [0.25, 0.3) is 0 Å². The van der Waals surface area contributed by atoms with Gasteiger partial charge in [0, 0.05) is 28.9 Å². The second kappa shape index (κ2) is 7.05. The summed E-state index contributed by atoms with van der Waals surface area (Å²) in [5, 5.41) is 10.8. The topological polar surface area (TPSA) is 81.2 Å². The highest BCUT2D eigenvalue weighted by Gasteiger charge is 2.08. The van der Waals surface area contributed by atoms with Crippen LogP contribution >= 0.6 is 0 Å². The molecule has 1 heterocycles. The van der Waals surface area contributed by atoms with E-state index in [4.69, 9.17) is 0 Å². The Kier molecular flexibility index (Phi) is 5.70. The number of methoxy groups -OCH3 is 1. The number of hydrogen-bond donors (Lipinski definition) is 1. The van der Waals surface area contributed by atoms with Gasteiger partial charge in [-0.15, -0.1) is 10.2 Å². The zero-order chi connectivity index (χ0) is 13.5. The lowest BCUT2D eigenvalue weighted by Gasteiger charge is -2.09. The molecule has 100 valence electrons. The fourth-order valence-electron chi connectivity index (χ4n) is 1.21. The van der Waals surface area contributed by atoms with Crippen molar-refractivity contribution < 1.29 is 13.7 Å². The molecule has 1 aromatic rings. The van der Waals surface area contributed by atoms with Crippen LogP contribution in [0.1, 0.15) is 23.8 Å².